The van der Waals surface area contributed by atoms with E-state index in [1.807, 2.05) is 0 Å². The Morgan fingerprint density at radius 2 is 0.667 bits per heavy atom. The molecule has 0 saturated heterocycles. The van der Waals surface area contributed by atoms with Gasteiger partial charge < -0.3 is 21.9 Å². The van der Waals surface area contributed by atoms with Crippen LogP contribution in [0.3, 0.4) is 0 Å². The van der Waals surface area contributed by atoms with Crippen LogP contribution in [0.5, 0.6) is 0 Å². The SMILES string of the molecule is O.O.O.O.[O]=[Hg]. The van der Waals surface area contributed by atoms with Crippen molar-refractivity contribution in [3.05, 3.63) is 0 Å². The summed E-state index contributed by atoms with van der Waals surface area (Å²) < 4.78 is 8.44. The fourth-order valence-corrected chi connectivity index (χ4v) is 0. The van der Waals surface area contributed by atoms with Gasteiger partial charge in [-0.1, -0.05) is 0 Å². The monoisotopic (exact) mass is 290 g/mol. The van der Waals surface area contributed by atoms with Crippen LogP contribution in [0.1, 0.15) is 0 Å². The van der Waals surface area contributed by atoms with E-state index >= 15 is 0 Å². The first kappa shape index (κ1) is 82.4. The van der Waals surface area contributed by atoms with Crippen molar-refractivity contribution in [3.8, 4) is 0 Å². The minimum atomic E-state index is -0.222. The molecule has 0 fully saturated rings. The van der Waals surface area contributed by atoms with Gasteiger partial charge in [0.05, 0.1) is 0 Å². The molecule has 0 unspecified atom stereocenters. The average molecular weight is 289 g/mol. The second-order valence-electron chi connectivity index (χ2n) is 0. The van der Waals surface area contributed by atoms with Gasteiger partial charge in [0.25, 0.3) is 0 Å². The zero-order chi connectivity index (χ0) is 2.00. The minimum absolute atomic E-state index is 0. The van der Waals surface area contributed by atoms with Crippen LogP contribution in [-0.4, -0.2) is 21.9 Å². The molecular weight excluding hydrogens is 281 g/mol. The molecule has 0 aromatic carbocycles. The summed E-state index contributed by atoms with van der Waals surface area (Å²) >= 11 is -0.222. The molecule has 0 aliphatic rings. The van der Waals surface area contributed by atoms with E-state index in [4.69, 9.17) is 2.64 Å². The molecule has 5 nitrogen and oxygen atoms in total. The van der Waals surface area contributed by atoms with Crippen molar-refractivity contribution in [2.24, 2.45) is 0 Å². The van der Waals surface area contributed by atoms with Crippen LogP contribution in [0.4, 0.5) is 0 Å². The predicted octanol–water partition coefficient (Wildman–Crippen LogP) is -3.42. The molecule has 8 N–H and O–H groups in total. The summed E-state index contributed by atoms with van der Waals surface area (Å²) in [5.74, 6) is 0. The topological polar surface area (TPSA) is 143 Å². The molecule has 40 valence electrons. The van der Waals surface area contributed by atoms with E-state index in [0.29, 0.717) is 0 Å². The standard InChI is InChI=1S/Hg.4H2O.O/h;4*1H2;. The molecule has 0 aliphatic carbocycles. The summed E-state index contributed by atoms with van der Waals surface area (Å²) in [7, 11) is 0. The molecule has 0 heterocycles. The van der Waals surface area contributed by atoms with E-state index in [-0.39, 0.29) is 48.0 Å². The van der Waals surface area contributed by atoms with Crippen molar-refractivity contribution in [2.45, 2.75) is 0 Å². The van der Waals surface area contributed by atoms with Gasteiger partial charge in [-0.2, -0.15) is 0 Å². The zero-order valence-electron chi connectivity index (χ0n) is 3.12. The van der Waals surface area contributed by atoms with Crippen molar-refractivity contribution in [3.63, 3.8) is 0 Å². The molecule has 6 heavy (non-hydrogen) atoms. The summed E-state index contributed by atoms with van der Waals surface area (Å²) in [6, 6.07) is 0. The van der Waals surface area contributed by atoms with Crippen LogP contribution in [-0.2, 0) is 28.8 Å². The van der Waals surface area contributed by atoms with Gasteiger partial charge in [0, 0.05) is 0 Å². The quantitative estimate of drug-likeness (QED) is 0.420. The van der Waals surface area contributed by atoms with Crippen molar-refractivity contribution in [2.75, 3.05) is 0 Å². The van der Waals surface area contributed by atoms with Gasteiger partial charge in [0.15, 0.2) is 0 Å². The fraction of sp³-hybridized carbons (Fsp3) is 0. The van der Waals surface area contributed by atoms with Crippen LogP contribution in [0.15, 0.2) is 0 Å². The van der Waals surface area contributed by atoms with E-state index in [2.05, 4.69) is 0 Å². The first-order valence-electron chi connectivity index (χ1n) is 0.289. The Bertz CT molecular complexity index is 3.90. The Hall–Kier alpha value is 0.575. The summed E-state index contributed by atoms with van der Waals surface area (Å²) in [5, 5.41) is 0. The maximum absolute atomic E-state index is 8.44. The molecule has 0 aromatic heterocycles. The fourth-order valence-electron chi connectivity index (χ4n) is 0. The zero-order valence-corrected chi connectivity index (χ0v) is 8.61. The summed E-state index contributed by atoms with van der Waals surface area (Å²) in [6.07, 6.45) is 0. The van der Waals surface area contributed by atoms with Gasteiger partial charge in [-0.05, 0) is 0 Å². The van der Waals surface area contributed by atoms with E-state index < -0.39 is 0 Å². The van der Waals surface area contributed by atoms with E-state index in [0.717, 1.165) is 0 Å². The summed E-state index contributed by atoms with van der Waals surface area (Å²) in [6.45, 7) is 0. The third kappa shape index (κ3) is 177. The summed E-state index contributed by atoms with van der Waals surface area (Å²) in [4.78, 5) is 0. The third-order valence-corrected chi connectivity index (χ3v) is 0. The van der Waals surface area contributed by atoms with Gasteiger partial charge >= 0.3 is 28.8 Å². The molecule has 0 spiro atoms. The van der Waals surface area contributed by atoms with E-state index in [9.17, 15) is 0 Å². The van der Waals surface area contributed by atoms with Gasteiger partial charge in [0.2, 0.25) is 0 Å². The molecule has 0 atom stereocenters. The molecule has 0 bridgehead atoms. The van der Waals surface area contributed by atoms with Crippen molar-refractivity contribution < 1.29 is 50.7 Å². The van der Waals surface area contributed by atoms with Crippen LogP contribution < -0.4 is 0 Å². The van der Waals surface area contributed by atoms with Gasteiger partial charge in [-0.3, -0.25) is 0 Å². The summed E-state index contributed by atoms with van der Waals surface area (Å²) in [5.41, 5.74) is 0. The first-order chi connectivity index (χ1) is 1.00. The Kier molecular flexibility index (Phi) is 4840. The van der Waals surface area contributed by atoms with Crippen molar-refractivity contribution in [1.82, 2.24) is 0 Å². The molecule has 0 amide bonds. The van der Waals surface area contributed by atoms with Crippen LogP contribution >= 0.6 is 0 Å². The molecule has 0 radical (unpaired) electrons. The molecule has 0 aliphatic heterocycles. The third-order valence-electron chi connectivity index (χ3n) is 0. The van der Waals surface area contributed by atoms with Crippen LogP contribution in [0, 0.1) is 0 Å². The normalized spacial score (nSPS) is 1.00. The number of hydrogen-bond donors (Lipinski definition) is 0. The van der Waals surface area contributed by atoms with Crippen molar-refractivity contribution >= 4 is 0 Å². The molecule has 6 heteroatoms. The van der Waals surface area contributed by atoms with Gasteiger partial charge in [-0.25, -0.2) is 0 Å². The van der Waals surface area contributed by atoms with E-state index in [1.165, 1.54) is 0 Å². The Morgan fingerprint density at radius 1 is 0.667 bits per heavy atom. The van der Waals surface area contributed by atoms with Gasteiger partial charge in [-0.15, -0.1) is 0 Å². The van der Waals surface area contributed by atoms with Gasteiger partial charge in [0.1, 0.15) is 0 Å². The molecular formula is H8HgO5. The Morgan fingerprint density at radius 3 is 0.667 bits per heavy atom. The molecule has 0 aromatic rings. The maximum atomic E-state index is 8.44. The van der Waals surface area contributed by atoms with Crippen molar-refractivity contribution in [1.29, 1.82) is 0 Å². The Labute approximate surface area is 51.0 Å². The van der Waals surface area contributed by atoms with Crippen LogP contribution in [0.25, 0.3) is 0 Å². The Balaban J connectivity index is -0.000000000833. The second kappa shape index (κ2) is 353. The second-order valence-corrected chi connectivity index (χ2v) is 0. The molecule has 0 saturated carbocycles. The molecule has 0 rings (SSSR count). The number of rotatable bonds is 0. The first-order valence-corrected chi connectivity index (χ1v) is 2.53. The predicted molar refractivity (Wildman–Crippen MR) is 15.1 cm³/mol. The van der Waals surface area contributed by atoms with E-state index in [1.54, 1.807) is 0 Å². The number of hydrogen-bond acceptors (Lipinski definition) is 1. The average Bonchev–Trinajstić information content (AvgIpc) is 1.00. The van der Waals surface area contributed by atoms with Crippen LogP contribution in [0.2, 0.25) is 0 Å².